The van der Waals surface area contributed by atoms with E-state index in [0.717, 1.165) is 18.7 Å². The van der Waals surface area contributed by atoms with Crippen molar-refractivity contribution in [2.24, 2.45) is 5.92 Å². The summed E-state index contributed by atoms with van der Waals surface area (Å²) in [4.78, 5) is 6.62. The Bertz CT molecular complexity index is 800. The van der Waals surface area contributed by atoms with Crippen molar-refractivity contribution in [2.45, 2.75) is 49.7 Å². The molecule has 5 atom stereocenters. The van der Waals surface area contributed by atoms with Crippen molar-refractivity contribution in [1.29, 1.82) is 0 Å². The topological polar surface area (TPSA) is 65.8 Å². The number of benzene rings is 1. The molecule has 5 nitrogen and oxygen atoms in total. The molecule has 2 aromatic rings. The molecule has 2 N–H and O–H groups in total. The van der Waals surface area contributed by atoms with Gasteiger partial charge in [0, 0.05) is 19.3 Å². The maximum Gasteiger partial charge on any atom is 0.109 e. The number of hydrogen-bond acceptors (Lipinski definition) is 5. The lowest BCUT2D eigenvalue weighted by Crippen LogP contribution is -2.59. The number of aliphatic hydroxyl groups excluding tert-OH is 1. The standard InChI is InChI=1S/C24H30N2O3/c1-2-3-13-26(16-18-9-5-4-6-10-18)23-21(27)14-19-15-22(29-17-24(19,23)28)20-11-7-8-12-25-20/h2,4-12,19,21-23,27-28H,1,3,13-17H2/t19-,21+,22-,23-,24-/m1/s1. The molecule has 1 aliphatic heterocycles. The zero-order chi connectivity index (χ0) is 20.3. The van der Waals surface area contributed by atoms with Crippen LogP contribution in [0.1, 0.15) is 36.6 Å². The summed E-state index contributed by atoms with van der Waals surface area (Å²) >= 11 is 0. The van der Waals surface area contributed by atoms with E-state index in [4.69, 9.17) is 4.74 Å². The Balaban J connectivity index is 1.55. The Morgan fingerprint density at radius 3 is 2.69 bits per heavy atom. The van der Waals surface area contributed by atoms with Gasteiger partial charge in [-0.2, -0.15) is 0 Å². The van der Waals surface area contributed by atoms with Gasteiger partial charge >= 0.3 is 0 Å². The first-order valence-electron chi connectivity index (χ1n) is 10.4. The van der Waals surface area contributed by atoms with Gasteiger partial charge in [0.1, 0.15) is 5.60 Å². The molecule has 5 heteroatoms. The van der Waals surface area contributed by atoms with E-state index in [-0.39, 0.29) is 24.7 Å². The number of ether oxygens (including phenoxy) is 1. The predicted octanol–water partition coefficient (Wildman–Crippen LogP) is 3.10. The molecule has 2 fully saturated rings. The summed E-state index contributed by atoms with van der Waals surface area (Å²) in [5.74, 6) is -0.0229. The number of fused-ring (bicyclic) bond motifs is 1. The molecule has 1 aliphatic carbocycles. The van der Waals surface area contributed by atoms with E-state index in [2.05, 4.69) is 28.6 Å². The largest absolute Gasteiger partial charge is 0.391 e. The third kappa shape index (κ3) is 4.14. The van der Waals surface area contributed by atoms with Gasteiger partial charge in [-0.3, -0.25) is 9.88 Å². The van der Waals surface area contributed by atoms with Crippen molar-refractivity contribution < 1.29 is 14.9 Å². The van der Waals surface area contributed by atoms with Gasteiger partial charge < -0.3 is 14.9 Å². The summed E-state index contributed by atoms with van der Waals surface area (Å²) in [5, 5.41) is 22.7. The van der Waals surface area contributed by atoms with Gasteiger partial charge in [0.15, 0.2) is 0 Å². The van der Waals surface area contributed by atoms with Crippen molar-refractivity contribution in [3.63, 3.8) is 0 Å². The van der Waals surface area contributed by atoms with Crippen LogP contribution in [-0.4, -0.2) is 51.0 Å². The molecule has 0 amide bonds. The second kappa shape index (κ2) is 8.76. The van der Waals surface area contributed by atoms with Crippen LogP contribution in [0, 0.1) is 5.92 Å². The molecule has 0 spiro atoms. The molecule has 1 saturated carbocycles. The number of pyridine rings is 1. The lowest BCUT2D eigenvalue weighted by molar-refractivity contribution is -0.175. The molecule has 0 radical (unpaired) electrons. The Kier molecular flexibility index (Phi) is 6.11. The predicted molar refractivity (Wildman–Crippen MR) is 112 cm³/mol. The number of rotatable bonds is 7. The quantitative estimate of drug-likeness (QED) is 0.707. The van der Waals surface area contributed by atoms with Crippen molar-refractivity contribution in [2.75, 3.05) is 13.2 Å². The zero-order valence-electron chi connectivity index (χ0n) is 16.7. The van der Waals surface area contributed by atoms with E-state index in [1.165, 1.54) is 5.56 Å². The van der Waals surface area contributed by atoms with Crippen LogP contribution in [0.2, 0.25) is 0 Å². The van der Waals surface area contributed by atoms with Crippen LogP contribution >= 0.6 is 0 Å². The lowest BCUT2D eigenvalue weighted by Gasteiger charge is -2.45. The molecule has 2 aliphatic rings. The Morgan fingerprint density at radius 1 is 1.17 bits per heavy atom. The van der Waals surface area contributed by atoms with Crippen molar-refractivity contribution >= 4 is 0 Å². The van der Waals surface area contributed by atoms with E-state index in [1.807, 2.05) is 42.5 Å². The van der Waals surface area contributed by atoms with Crippen LogP contribution in [0.3, 0.4) is 0 Å². The zero-order valence-corrected chi connectivity index (χ0v) is 16.7. The minimum atomic E-state index is -1.07. The summed E-state index contributed by atoms with van der Waals surface area (Å²) in [6, 6.07) is 15.6. The lowest BCUT2D eigenvalue weighted by atomic mass is 9.81. The Morgan fingerprint density at radius 2 is 1.97 bits per heavy atom. The summed E-state index contributed by atoms with van der Waals surface area (Å²) in [7, 11) is 0. The number of nitrogens with zero attached hydrogens (tertiary/aromatic N) is 2. The summed E-state index contributed by atoms with van der Waals surface area (Å²) in [6.45, 7) is 5.46. The third-order valence-corrected chi connectivity index (χ3v) is 6.38. The summed E-state index contributed by atoms with van der Waals surface area (Å²) in [6.07, 6.45) is 4.97. The van der Waals surface area contributed by atoms with Gasteiger partial charge in [-0.15, -0.1) is 6.58 Å². The van der Waals surface area contributed by atoms with Crippen molar-refractivity contribution in [3.8, 4) is 0 Å². The van der Waals surface area contributed by atoms with E-state index in [0.29, 0.717) is 19.4 Å². The van der Waals surface area contributed by atoms with Crippen molar-refractivity contribution in [3.05, 3.63) is 78.6 Å². The minimum absolute atomic E-state index is 0.0229. The monoisotopic (exact) mass is 394 g/mol. The van der Waals surface area contributed by atoms with Crippen LogP contribution in [0.15, 0.2) is 67.4 Å². The summed E-state index contributed by atoms with van der Waals surface area (Å²) < 4.78 is 6.09. The van der Waals surface area contributed by atoms with Crippen LogP contribution in [0.5, 0.6) is 0 Å². The first-order valence-corrected chi connectivity index (χ1v) is 10.4. The van der Waals surface area contributed by atoms with Gasteiger partial charge in [0.2, 0.25) is 0 Å². The molecular formula is C24H30N2O3. The van der Waals surface area contributed by atoms with E-state index in [1.54, 1.807) is 6.20 Å². The Hall–Kier alpha value is -2.05. The second-order valence-corrected chi connectivity index (χ2v) is 8.26. The SMILES string of the molecule is C=CCCN(Cc1ccccc1)[C@@H]1[C@@H](O)C[C@@H]2C[C@H](c3ccccn3)OC[C@@]21O. The molecular weight excluding hydrogens is 364 g/mol. The normalized spacial score (nSPS) is 31.6. The molecule has 1 saturated heterocycles. The molecule has 0 bridgehead atoms. The minimum Gasteiger partial charge on any atom is -0.391 e. The molecule has 29 heavy (non-hydrogen) atoms. The van der Waals surface area contributed by atoms with Gasteiger partial charge in [-0.25, -0.2) is 0 Å². The van der Waals surface area contributed by atoms with Crippen LogP contribution < -0.4 is 0 Å². The number of aliphatic hydroxyl groups is 2. The molecule has 0 unspecified atom stereocenters. The fourth-order valence-corrected chi connectivity index (χ4v) is 4.99. The van der Waals surface area contributed by atoms with E-state index in [9.17, 15) is 10.2 Å². The van der Waals surface area contributed by atoms with Gasteiger partial charge in [-0.05, 0) is 42.9 Å². The Labute approximate surface area is 172 Å². The fourth-order valence-electron chi connectivity index (χ4n) is 4.99. The first-order chi connectivity index (χ1) is 14.1. The highest BCUT2D eigenvalue weighted by Gasteiger charge is 2.58. The molecule has 4 rings (SSSR count). The molecule has 1 aromatic carbocycles. The molecule has 154 valence electrons. The number of hydrogen-bond donors (Lipinski definition) is 2. The van der Waals surface area contributed by atoms with Crippen molar-refractivity contribution in [1.82, 2.24) is 9.88 Å². The maximum atomic E-state index is 11.7. The van der Waals surface area contributed by atoms with Gasteiger partial charge in [0.25, 0.3) is 0 Å². The second-order valence-electron chi connectivity index (χ2n) is 8.26. The highest BCUT2D eigenvalue weighted by molar-refractivity contribution is 5.18. The fraction of sp³-hybridized carbons (Fsp3) is 0.458. The smallest absolute Gasteiger partial charge is 0.109 e. The van der Waals surface area contributed by atoms with Crippen LogP contribution in [0.4, 0.5) is 0 Å². The van der Waals surface area contributed by atoms with Gasteiger partial charge in [-0.1, -0.05) is 42.5 Å². The van der Waals surface area contributed by atoms with E-state index >= 15 is 0 Å². The third-order valence-electron chi connectivity index (χ3n) is 6.38. The number of aromatic nitrogens is 1. The first kappa shape index (κ1) is 20.2. The van der Waals surface area contributed by atoms with Crippen LogP contribution in [0.25, 0.3) is 0 Å². The van der Waals surface area contributed by atoms with E-state index < -0.39 is 11.7 Å². The maximum absolute atomic E-state index is 11.7. The highest BCUT2D eigenvalue weighted by Crippen LogP contribution is 2.48. The highest BCUT2D eigenvalue weighted by atomic mass is 16.5. The molecule has 1 aromatic heterocycles. The summed E-state index contributed by atoms with van der Waals surface area (Å²) in [5.41, 5.74) is 0.986. The average molecular weight is 395 g/mol. The van der Waals surface area contributed by atoms with Gasteiger partial charge in [0.05, 0.1) is 30.6 Å². The molecule has 2 heterocycles. The van der Waals surface area contributed by atoms with Crippen LogP contribution in [-0.2, 0) is 11.3 Å². The average Bonchev–Trinajstić information content (AvgIpc) is 3.01.